The Morgan fingerprint density at radius 2 is 2.00 bits per heavy atom. The number of carbonyl (C=O) groups excluding carboxylic acids is 2. The van der Waals surface area contributed by atoms with Gasteiger partial charge in [0.1, 0.15) is 6.54 Å². The number of amides is 2. The number of anilines is 1. The lowest BCUT2D eigenvalue weighted by atomic mass is 10.2. The maximum atomic E-state index is 12.1. The average Bonchev–Trinajstić information content (AvgIpc) is 2.41. The van der Waals surface area contributed by atoms with Gasteiger partial charge < -0.3 is 15.0 Å². The summed E-state index contributed by atoms with van der Waals surface area (Å²) in [7, 11) is 0. The molecule has 20 heavy (non-hydrogen) atoms. The summed E-state index contributed by atoms with van der Waals surface area (Å²) in [6.45, 7) is 7.74. The largest absolute Gasteiger partial charge is 0.465 e. The molecule has 0 aromatic heterocycles. The molecule has 0 fully saturated rings. The van der Waals surface area contributed by atoms with Crippen LogP contribution >= 0.6 is 0 Å². The number of carbonyl (C=O) groups is 2. The number of hydrogen-bond acceptors (Lipinski definition) is 3. The molecule has 0 unspecified atom stereocenters. The van der Waals surface area contributed by atoms with E-state index < -0.39 is 5.97 Å². The van der Waals surface area contributed by atoms with Gasteiger partial charge in [0.05, 0.1) is 6.61 Å². The van der Waals surface area contributed by atoms with Crippen LogP contribution in [0.1, 0.15) is 12.5 Å². The van der Waals surface area contributed by atoms with Gasteiger partial charge in [-0.3, -0.25) is 4.79 Å². The molecule has 2 amide bonds. The lowest BCUT2D eigenvalue weighted by Gasteiger charge is -2.20. The second-order valence-corrected chi connectivity index (χ2v) is 4.27. The van der Waals surface area contributed by atoms with Gasteiger partial charge in [-0.1, -0.05) is 23.8 Å². The van der Waals surface area contributed by atoms with E-state index in [1.807, 2.05) is 31.2 Å². The van der Waals surface area contributed by atoms with E-state index in [0.717, 1.165) is 5.56 Å². The summed E-state index contributed by atoms with van der Waals surface area (Å²) in [4.78, 5) is 24.9. The van der Waals surface area contributed by atoms with Crippen LogP contribution in [0.25, 0.3) is 0 Å². The van der Waals surface area contributed by atoms with E-state index in [-0.39, 0.29) is 19.1 Å². The van der Waals surface area contributed by atoms with Gasteiger partial charge >= 0.3 is 12.0 Å². The van der Waals surface area contributed by atoms with Crippen LogP contribution in [0.2, 0.25) is 0 Å². The van der Waals surface area contributed by atoms with E-state index in [1.165, 1.54) is 4.90 Å². The standard InChI is InChI=1S/C15H20N2O3/c1-4-10-17(11-14(18)20-5-2)15(19)16-13-8-6-12(3)7-9-13/h4,6-9H,1,5,10-11H2,2-3H3,(H,16,19). The number of nitrogens with one attached hydrogen (secondary N) is 1. The van der Waals surface area contributed by atoms with Crippen molar-refractivity contribution in [1.29, 1.82) is 0 Å². The van der Waals surface area contributed by atoms with Gasteiger partial charge in [-0.15, -0.1) is 6.58 Å². The molecule has 0 saturated heterocycles. The van der Waals surface area contributed by atoms with Crippen LogP contribution in [-0.4, -0.2) is 36.6 Å². The van der Waals surface area contributed by atoms with E-state index in [1.54, 1.807) is 13.0 Å². The third-order valence-electron chi connectivity index (χ3n) is 2.56. The third kappa shape index (κ3) is 5.14. The zero-order chi connectivity index (χ0) is 15.0. The molecule has 0 atom stereocenters. The molecule has 1 aromatic carbocycles. The van der Waals surface area contributed by atoms with Crippen LogP contribution in [0.3, 0.4) is 0 Å². The SMILES string of the molecule is C=CCN(CC(=O)OCC)C(=O)Nc1ccc(C)cc1. The van der Waals surface area contributed by atoms with Gasteiger partial charge in [0.25, 0.3) is 0 Å². The van der Waals surface area contributed by atoms with Gasteiger partial charge in [-0.05, 0) is 26.0 Å². The van der Waals surface area contributed by atoms with Gasteiger partial charge in [0.2, 0.25) is 0 Å². The van der Waals surface area contributed by atoms with Crippen molar-refractivity contribution in [3.63, 3.8) is 0 Å². The minimum absolute atomic E-state index is 0.0996. The molecule has 0 aliphatic carbocycles. The topological polar surface area (TPSA) is 58.6 Å². The molecule has 1 N–H and O–H groups in total. The van der Waals surface area contributed by atoms with Gasteiger partial charge in [-0.2, -0.15) is 0 Å². The highest BCUT2D eigenvalue weighted by molar-refractivity contribution is 5.91. The molecule has 1 rings (SSSR count). The molecule has 0 aliphatic rings. The van der Waals surface area contributed by atoms with E-state index in [9.17, 15) is 9.59 Å². The Kier molecular flexibility index (Phi) is 6.29. The van der Waals surface area contributed by atoms with Crippen LogP contribution in [0, 0.1) is 6.92 Å². The molecule has 5 nitrogen and oxygen atoms in total. The first-order valence-electron chi connectivity index (χ1n) is 6.46. The predicted octanol–water partition coefficient (Wildman–Crippen LogP) is 2.58. The minimum atomic E-state index is -0.437. The van der Waals surface area contributed by atoms with Crippen molar-refractivity contribution >= 4 is 17.7 Å². The maximum Gasteiger partial charge on any atom is 0.325 e. The van der Waals surface area contributed by atoms with Crippen LogP contribution in [0.5, 0.6) is 0 Å². The first-order chi connectivity index (χ1) is 9.56. The van der Waals surface area contributed by atoms with E-state index in [0.29, 0.717) is 12.3 Å². The number of esters is 1. The van der Waals surface area contributed by atoms with Crippen molar-refractivity contribution in [2.45, 2.75) is 13.8 Å². The number of urea groups is 1. The number of rotatable bonds is 6. The summed E-state index contributed by atoms with van der Waals surface area (Å²) in [6, 6.07) is 7.06. The molecule has 0 saturated carbocycles. The summed E-state index contributed by atoms with van der Waals surface area (Å²) in [5, 5.41) is 2.73. The Morgan fingerprint density at radius 3 is 2.55 bits per heavy atom. The monoisotopic (exact) mass is 276 g/mol. The quantitative estimate of drug-likeness (QED) is 0.641. The average molecular weight is 276 g/mol. The van der Waals surface area contributed by atoms with Crippen LogP contribution < -0.4 is 5.32 Å². The van der Waals surface area contributed by atoms with Gasteiger partial charge in [0, 0.05) is 12.2 Å². The molecular weight excluding hydrogens is 256 g/mol. The number of aryl methyl sites for hydroxylation is 1. The minimum Gasteiger partial charge on any atom is -0.465 e. The Balaban J connectivity index is 2.65. The van der Waals surface area contributed by atoms with Crippen molar-refractivity contribution in [2.24, 2.45) is 0 Å². The summed E-state index contributed by atoms with van der Waals surface area (Å²) >= 11 is 0. The van der Waals surface area contributed by atoms with E-state index in [4.69, 9.17) is 4.74 Å². The summed E-state index contributed by atoms with van der Waals surface area (Å²) < 4.78 is 4.84. The number of nitrogens with zero attached hydrogens (tertiary/aromatic N) is 1. The number of hydrogen-bond donors (Lipinski definition) is 1. The Morgan fingerprint density at radius 1 is 1.35 bits per heavy atom. The van der Waals surface area contributed by atoms with Gasteiger partial charge in [0.15, 0.2) is 0 Å². The lowest BCUT2D eigenvalue weighted by molar-refractivity contribution is -0.143. The Bertz CT molecular complexity index is 469. The van der Waals surface area contributed by atoms with Crippen LogP contribution in [0.4, 0.5) is 10.5 Å². The van der Waals surface area contributed by atoms with Crippen molar-refractivity contribution in [2.75, 3.05) is 25.0 Å². The fourth-order valence-electron chi connectivity index (χ4n) is 1.58. The molecule has 0 spiro atoms. The highest BCUT2D eigenvalue weighted by atomic mass is 16.5. The normalized spacial score (nSPS) is 9.70. The molecule has 0 aliphatic heterocycles. The zero-order valence-electron chi connectivity index (χ0n) is 11.9. The van der Waals surface area contributed by atoms with Crippen molar-refractivity contribution in [3.8, 4) is 0 Å². The fraction of sp³-hybridized carbons (Fsp3) is 0.333. The fourth-order valence-corrected chi connectivity index (χ4v) is 1.58. The molecule has 0 heterocycles. The molecule has 1 aromatic rings. The second kappa shape index (κ2) is 7.99. The number of benzene rings is 1. The summed E-state index contributed by atoms with van der Waals surface area (Å²) in [6.07, 6.45) is 1.56. The first-order valence-corrected chi connectivity index (χ1v) is 6.46. The predicted molar refractivity (Wildman–Crippen MR) is 78.6 cm³/mol. The van der Waals surface area contributed by atoms with Crippen molar-refractivity contribution in [3.05, 3.63) is 42.5 Å². The van der Waals surface area contributed by atoms with E-state index >= 15 is 0 Å². The Hall–Kier alpha value is -2.30. The molecular formula is C15H20N2O3. The summed E-state index contributed by atoms with van der Waals surface area (Å²) in [5.41, 5.74) is 1.79. The molecule has 108 valence electrons. The molecule has 0 bridgehead atoms. The maximum absolute atomic E-state index is 12.1. The zero-order valence-corrected chi connectivity index (χ0v) is 11.9. The van der Waals surface area contributed by atoms with Crippen LogP contribution in [-0.2, 0) is 9.53 Å². The van der Waals surface area contributed by atoms with Crippen LogP contribution in [0.15, 0.2) is 36.9 Å². The van der Waals surface area contributed by atoms with E-state index in [2.05, 4.69) is 11.9 Å². The first kappa shape index (κ1) is 15.8. The van der Waals surface area contributed by atoms with Gasteiger partial charge in [-0.25, -0.2) is 4.79 Å². The second-order valence-electron chi connectivity index (χ2n) is 4.27. The summed E-state index contributed by atoms with van der Waals surface area (Å²) in [5.74, 6) is -0.437. The highest BCUT2D eigenvalue weighted by Crippen LogP contribution is 2.09. The smallest absolute Gasteiger partial charge is 0.325 e. The molecule has 5 heteroatoms. The third-order valence-corrected chi connectivity index (χ3v) is 2.56. The van der Waals surface area contributed by atoms with Crippen molar-refractivity contribution in [1.82, 2.24) is 4.90 Å². The number of ether oxygens (including phenoxy) is 1. The van der Waals surface area contributed by atoms with Crippen molar-refractivity contribution < 1.29 is 14.3 Å². The Labute approximate surface area is 119 Å². The molecule has 0 radical (unpaired) electrons. The lowest BCUT2D eigenvalue weighted by Crippen LogP contribution is -2.39. The highest BCUT2D eigenvalue weighted by Gasteiger charge is 2.16.